The van der Waals surface area contributed by atoms with E-state index in [-0.39, 0.29) is 29.5 Å². The van der Waals surface area contributed by atoms with E-state index in [0.717, 1.165) is 4.68 Å². The summed E-state index contributed by atoms with van der Waals surface area (Å²) >= 11 is 0. The smallest absolute Gasteiger partial charge is 0.346 e. The third-order valence-corrected chi connectivity index (χ3v) is 3.31. The van der Waals surface area contributed by atoms with Crippen LogP contribution >= 0.6 is 0 Å². The Hall–Kier alpha value is -3.19. The highest BCUT2D eigenvalue weighted by Crippen LogP contribution is 2.13. The van der Waals surface area contributed by atoms with Crippen LogP contribution < -0.4 is 34.0 Å². The molecule has 0 aliphatic heterocycles. The highest BCUT2D eigenvalue weighted by Gasteiger charge is 2.25. The molecule has 4 N–H and O–H groups in total. The highest BCUT2D eigenvalue weighted by molar-refractivity contribution is 5.96. The number of benzene rings is 1. The van der Waals surface area contributed by atoms with Gasteiger partial charge in [-0.05, 0) is 12.1 Å². The lowest BCUT2D eigenvalue weighted by Gasteiger charge is -2.09. The average molecular weight is 344 g/mol. The molecule has 24 heavy (non-hydrogen) atoms. The molecule has 0 fully saturated rings. The van der Waals surface area contributed by atoms with Gasteiger partial charge >= 0.3 is 11.2 Å². The van der Waals surface area contributed by atoms with E-state index in [4.69, 9.17) is 11.5 Å². The summed E-state index contributed by atoms with van der Waals surface area (Å²) < 4.78 is 2.65. The summed E-state index contributed by atoms with van der Waals surface area (Å²) in [6, 6.07) is 14.0. The molecular weight excluding hydrogens is 330 g/mol. The van der Waals surface area contributed by atoms with Crippen LogP contribution in [0.1, 0.15) is 10.5 Å². The molecule has 7 nitrogen and oxygen atoms in total. The van der Waals surface area contributed by atoms with Gasteiger partial charge in [0.25, 0.3) is 5.91 Å². The molecule has 0 atom stereocenters. The number of nitrogen functional groups attached to an aromatic ring is 1. The molecule has 0 aliphatic carbocycles. The molecule has 0 spiro atoms. The zero-order chi connectivity index (χ0) is 16.4. The molecule has 3 rings (SSSR count). The van der Waals surface area contributed by atoms with Gasteiger partial charge in [0, 0.05) is 12.1 Å². The molecule has 0 radical (unpaired) electrons. The molecule has 0 saturated heterocycles. The van der Waals surface area contributed by atoms with Crippen molar-refractivity contribution in [3.05, 3.63) is 77.0 Å². The van der Waals surface area contributed by atoms with Crippen LogP contribution in [-0.4, -0.2) is 15.7 Å². The van der Waals surface area contributed by atoms with Gasteiger partial charge in [0.2, 0.25) is 0 Å². The number of nitrogens with two attached hydrogens (primary N) is 2. The van der Waals surface area contributed by atoms with Crippen LogP contribution in [0.25, 0.3) is 11.4 Å². The van der Waals surface area contributed by atoms with Crippen LogP contribution in [-0.2, 0) is 0 Å². The van der Waals surface area contributed by atoms with E-state index in [1.807, 2.05) is 6.07 Å². The molecule has 0 saturated carbocycles. The maximum atomic E-state index is 12.8. The summed E-state index contributed by atoms with van der Waals surface area (Å²) in [5.74, 6) is -0.801. The quantitative estimate of drug-likeness (QED) is 0.501. The number of carbonyl (C=O) groups excluding carboxylic acids is 1. The van der Waals surface area contributed by atoms with Gasteiger partial charge in [-0.25, -0.2) is 0 Å². The van der Waals surface area contributed by atoms with Gasteiger partial charge in [-0.3, -0.25) is 9.59 Å². The minimum absolute atomic E-state index is 0. The van der Waals surface area contributed by atoms with E-state index >= 15 is 0 Å². The first-order valence-electron chi connectivity index (χ1n) is 6.84. The molecule has 0 bridgehead atoms. The van der Waals surface area contributed by atoms with Gasteiger partial charge in [-0.2, -0.15) is 14.3 Å². The first-order valence-corrected chi connectivity index (χ1v) is 6.84. The van der Waals surface area contributed by atoms with Crippen molar-refractivity contribution in [2.24, 2.45) is 5.73 Å². The number of anilines is 1. The maximum absolute atomic E-state index is 12.8. The van der Waals surface area contributed by atoms with E-state index in [0.29, 0.717) is 5.69 Å². The van der Waals surface area contributed by atoms with Crippen molar-refractivity contribution < 1.29 is 21.8 Å². The Labute approximate surface area is 143 Å². The third kappa shape index (κ3) is 2.97. The molecule has 1 amide bonds. The minimum Gasteiger partial charge on any atom is -1.00 e. The molecule has 0 unspecified atom stereocenters. The van der Waals surface area contributed by atoms with Gasteiger partial charge in [-0.15, -0.1) is 0 Å². The highest BCUT2D eigenvalue weighted by atomic mass is 35.5. The van der Waals surface area contributed by atoms with Crippen molar-refractivity contribution in [1.82, 2.24) is 9.78 Å². The van der Waals surface area contributed by atoms with Crippen LogP contribution in [0.15, 0.2) is 65.7 Å². The Balaban J connectivity index is 0.00000208. The molecule has 3 aromatic rings. The fraction of sp³-hybridized carbons (Fsp3) is 0. The summed E-state index contributed by atoms with van der Waals surface area (Å²) in [6.45, 7) is 0. The zero-order valence-electron chi connectivity index (χ0n) is 12.5. The Bertz CT molecular complexity index is 926. The van der Waals surface area contributed by atoms with E-state index in [2.05, 4.69) is 5.10 Å². The largest absolute Gasteiger partial charge is 1.00 e. The number of hydrogen-bond donors (Lipinski definition) is 2. The third-order valence-electron chi connectivity index (χ3n) is 3.31. The number of pyridine rings is 1. The van der Waals surface area contributed by atoms with E-state index in [1.54, 1.807) is 54.9 Å². The summed E-state index contributed by atoms with van der Waals surface area (Å²) in [6.07, 6.45) is 3.32. The van der Waals surface area contributed by atoms with Gasteiger partial charge in [0.05, 0.1) is 5.69 Å². The van der Waals surface area contributed by atoms with Gasteiger partial charge in [0.1, 0.15) is 5.69 Å². The first kappa shape index (κ1) is 17.2. The van der Waals surface area contributed by atoms with Crippen LogP contribution in [0.3, 0.4) is 0 Å². The predicted molar refractivity (Wildman–Crippen MR) is 84.3 cm³/mol. The molecule has 1 aromatic carbocycles. The summed E-state index contributed by atoms with van der Waals surface area (Å²) in [4.78, 5) is 24.5. The number of halogens is 1. The topological polar surface area (TPSA) is 108 Å². The molecular formula is C16H14ClN5O2. The molecule has 2 heterocycles. The fourth-order valence-corrected chi connectivity index (χ4v) is 2.25. The van der Waals surface area contributed by atoms with Crippen molar-refractivity contribution in [3.8, 4) is 11.4 Å². The molecule has 8 heteroatoms. The van der Waals surface area contributed by atoms with Crippen molar-refractivity contribution in [3.63, 3.8) is 0 Å². The standard InChI is InChI=1S/C16H13N5O2.ClH/c17-12-13(15(18)22)19-21(11-7-3-1-4-8-11)16(23)14(12)20-9-5-2-6-10-20;/h1-10H,(H3-,17,18,22,23);1H. The number of amides is 1. The predicted octanol–water partition coefficient (Wildman–Crippen LogP) is -2.81. The van der Waals surface area contributed by atoms with Crippen LogP contribution in [0, 0.1) is 0 Å². The normalized spacial score (nSPS) is 10.0. The number of hydrogen-bond acceptors (Lipinski definition) is 4. The second-order valence-corrected chi connectivity index (χ2v) is 4.81. The van der Waals surface area contributed by atoms with Crippen LogP contribution in [0.2, 0.25) is 0 Å². The number of aromatic nitrogens is 3. The Kier molecular flexibility index (Phi) is 4.96. The summed E-state index contributed by atoms with van der Waals surface area (Å²) in [5, 5.41) is 4.02. The minimum atomic E-state index is -0.801. The van der Waals surface area contributed by atoms with Crippen molar-refractivity contribution in [1.29, 1.82) is 0 Å². The SMILES string of the molecule is NC(=O)c1nn(-c2ccccc2)c(=O)c(-[n+]2ccccc2)c1N.[Cl-]. The van der Waals surface area contributed by atoms with E-state index in [1.165, 1.54) is 4.57 Å². The number of primary amides is 1. The molecule has 0 aliphatic rings. The lowest BCUT2D eigenvalue weighted by Crippen LogP contribution is -3.00. The van der Waals surface area contributed by atoms with Gasteiger partial charge in [-0.1, -0.05) is 24.3 Å². The maximum Gasteiger partial charge on any atom is 0.346 e. The lowest BCUT2D eigenvalue weighted by atomic mass is 10.2. The lowest BCUT2D eigenvalue weighted by molar-refractivity contribution is -0.596. The van der Waals surface area contributed by atoms with Crippen molar-refractivity contribution in [2.45, 2.75) is 0 Å². The molecule has 2 aromatic heterocycles. The second kappa shape index (κ2) is 6.93. The van der Waals surface area contributed by atoms with Crippen LogP contribution in [0.5, 0.6) is 0 Å². The Morgan fingerprint density at radius 3 is 2.21 bits per heavy atom. The number of rotatable bonds is 3. The van der Waals surface area contributed by atoms with Crippen molar-refractivity contribution in [2.75, 3.05) is 5.73 Å². The second-order valence-electron chi connectivity index (χ2n) is 4.81. The summed E-state index contributed by atoms with van der Waals surface area (Å²) in [5.41, 5.74) is 11.3. The summed E-state index contributed by atoms with van der Waals surface area (Å²) in [7, 11) is 0. The number of para-hydroxylation sites is 1. The first-order chi connectivity index (χ1) is 11.1. The monoisotopic (exact) mass is 343 g/mol. The Morgan fingerprint density at radius 1 is 1.04 bits per heavy atom. The Morgan fingerprint density at radius 2 is 1.62 bits per heavy atom. The number of nitrogens with zero attached hydrogens (tertiary/aromatic N) is 3. The van der Waals surface area contributed by atoms with Crippen molar-refractivity contribution >= 4 is 11.6 Å². The fourth-order valence-electron chi connectivity index (χ4n) is 2.25. The van der Waals surface area contributed by atoms with Gasteiger partial charge in [0.15, 0.2) is 18.1 Å². The van der Waals surface area contributed by atoms with Gasteiger partial charge < -0.3 is 23.9 Å². The number of carbonyl (C=O) groups is 1. The molecule has 122 valence electrons. The van der Waals surface area contributed by atoms with E-state index < -0.39 is 11.5 Å². The van der Waals surface area contributed by atoms with E-state index in [9.17, 15) is 9.59 Å². The zero-order valence-corrected chi connectivity index (χ0v) is 13.2. The average Bonchev–Trinajstić information content (AvgIpc) is 2.56. The van der Waals surface area contributed by atoms with Crippen LogP contribution in [0.4, 0.5) is 5.69 Å².